The molecule has 1 atom stereocenters. The Bertz CT molecular complexity index is 562. The van der Waals surface area contributed by atoms with E-state index in [1.54, 1.807) is 23.1 Å². The number of rotatable bonds is 5. The smallest absolute Gasteiger partial charge is 0.227 e. The Kier molecular flexibility index (Phi) is 5.66. The van der Waals surface area contributed by atoms with Crippen molar-refractivity contribution < 1.29 is 14.3 Å². The van der Waals surface area contributed by atoms with Gasteiger partial charge in [0.1, 0.15) is 11.9 Å². The van der Waals surface area contributed by atoms with E-state index in [9.17, 15) is 9.59 Å². The van der Waals surface area contributed by atoms with Crippen molar-refractivity contribution in [1.82, 2.24) is 5.32 Å². The van der Waals surface area contributed by atoms with E-state index >= 15 is 0 Å². The summed E-state index contributed by atoms with van der Waals surface area (Å²) in [6, 6.07) is 5.22. The number of amides is 2. The minimum atomic E-state index is -0.0946. The van der Waals surface area contributed by atoms with Crippen LogP contribution in [0.5, 0.6) is 5.75 Å². The molecule has 0 aromatic heterocycles. The van der Waals surface area contributed by atoms with Gasteiger partial charge in [-0.2, -0.15) is 0 Å². The first-order valence-electron chi connectivity index (χ1n) is 7.54. The minimum absolute atomic E-state index is 0.0912. The van der Waals surface area contributed by atoms with Gasteiger partial charge in [0.2, 0.25) is 11.8 Å². The van der Waals surface area contributed by atoms with Gasteiger partial charge in [0.25, 0.3) is 0 Å². The summed E-state index contributed by atoms with van der Waals surface area (Å²) >= 11 is 6.01. The van der Waals surface area contributed by atoms with Crippen LogP contribution in [0.2, 0.25) is 5.02 Å². The predicted octanol–water partition coefficient (Wildman–Crippen LogP) is 2.76. The number of nitrogens with zero attached hydrogens (tertiary/aromatic N) is 1. The van der Waals surface area contributed by atoms with Gasteiger partial charge in [-0.1, -0.05) is 18.5 Å². The fraction of sp³-hybridized carbons (Fsp3) is 0.500. The molecule has 1 N–H and O–H groups in total. The third-order valence-electron chi connectivity index (χ3n) is 3.42. The van der Waals surface area contributed by atoms with E-state index in [2.05, 4.69) is 5.32 Å². The van der Waals surface area contributed by atoms with Crippen molar-refractivity contribution in [3.63, 3.8) is 0 Å². The van der Waals surface area contributed by atoms with Crippen LogP contribution in [0.3, 0.4) is 0 Å². The zero-order valence-electron chi connectivity index (χ0n) is 12.9. The monoisotopic (exact) mass is 324 g/mol. The zero-order valence-corrected chi connectivity index (χ0v) is 13.7. The molecule has 0 aliphatic carbocycles. The summed E-state index contributed by atoms with van der Waals surface area (Å²) in [5, 5.41) is 3.32. The normalized spacial score (nSPS) is 16.7. The van der Waals surface area contributed by atoms with Crippen molar-refractivity contribution in [2.45, 2.75) is 39.2 Å². The maximum atomic E-state index is 12.4. The molecule has 22 heavy (non-hydrogen) atoms. The van der Waals surface area contributed by atoms with Crippen molar-refractivity contribution in [2.75, 3.05) is 18.0 Å². The summed E-state index contributed by atoms with van der Waals surface area (Å²) in [4.78, 5) is 25.7. The summed E-state index contributed by atoms with van der Waals surface area (Å²) in [5.41, 5.74) is 0.671. The molecule has 1 aliphatic heterocycles. The van der Waals surface area contributed by atoms with Gasteiger partial charge < -0.3 is 15.0 Å². The van der Waals surface area contributed by atoms with Crippen LogP contribution >= 0.6 is 11.6 Å². The second kappa shape index (κ2) is 7.49. The molecule has 5 nitrogen and oxygen atoms in total. The molecule has 1 unspecified atom stereocenters. The third kappa shape index (κ3) is 4.13. The number of ether oxygens (including phenoxy) is 1. The highest BCUT2D eigenvalue weighted by molar-refractivity contribution is 6.31. The van der Waals surface area contributed by atoms with Crippen LogP contribution in [0.15, 0.2) is 18.2 Å². The quantitative estimate of drug-likeness (QED) is 0.906. The van der Waals surface area contributed by atoms with Gasteiger partial charge in [0.05, 0.1) is 12.2 Å². The average Bonchev–Trinajstić information content (AvgIpc) is 2.50. The molecule has 120 valence electrons. The Balaban J connectivity index is 2.04. The van der Waals surface area contributed by atoms with Crippen molar-refractivity contribution in [1.29, 1.82) is 0 Å². The van der Waals surface area contributed by atoms with E-state index in [1.807, 2.05) is 13.8 Å². The third-order valence-corrected chi connectivity index (χ3v) is 3.65. The summed E-state index contributed by atoms with van der Waals surface area (Å²) in [7, 11) is 0. The number of halogens is 1. The molecule has 1 aromatic rings. The predicted molar refractivity (Wildman–Crippen MR) is 86.4 cm³/mol. The number of nitrogens with one attached hydrogen (secondary N) is 1. The average molecular weight is 325 g/mol. The molecule has 1 aliphatic rings. The van der Waals surface area contributed by atoms with Gasteiger partial charge in [0, 0.05) is 24.4 Å². The second-order valence-corrected chi connectivity index (χ2v) is 5.83. The van der Waals surface area contributed by atoms with Crippen LogP contribution in [0.4, 0.5) is 5.69 Å². The molecule has 0 saturated heterocycles. The molecule has 0 radical (unpaired) electrons. The molecule has 0 spiro atoms. The number of anilines is 1. The summed E-state index contributed by atoms with van der Waals surface area (Å²) in [6.45, 7) is 5.00. The maximum absolute atomic E-state index is 12.4. The molecule has 2 amide bonds. The summed E-state index contributed by atoms with van der Waals surface area (Å²) < 4.78 is 5.71. The molecule has 0 bridgehead atoms. The molecule has 6 heteroatoms. The first-order chi connectivity index (χ1) is 10.5. The highest BCUT2D eigenvalue weighted by Gasteiger charge is 2.27. The maximum Gasteiger partial charge on any atom is 0.227 e. The van der Waals surface area contributed by atoms with Crippen LogP contribution in [-0.2, 0) is 9.59 Å². The van der Waals surface area contributed by atoms with E-state index in [4.69, 9.17) is 16.3 Å². The van der Waals surface area contributed by atoms with Gasteiger partial charge in [-0.3, -0.25) is 9.59 Å². The lowest BCUT2D eigenvalue weighted by atomic mass is 10.1. The van der Waals surface area contributed by atoms with Crippen molar-refractivity contribution >= 4 is 29.1 Å². The Hall–Kier alpha value is -1.75. The summed E-state index contributed by atoms with van der Waals surface area (Å²) in [5.74, 6) is 0.458. The number of hydrogen-bond donors (Lipinski definition) is 1. The molecule has 2 rings (SSSR count). The molecule has 1 heterocycles. The van der Waals surface area contributed by atoms with E-state index in [1.165, 1.54) is 0 Å². The molecule has 1 aromatic carbocycles. The highest BCUT2D eigenvalue weighted by Crippen LogP contribution is 2.36. The zero-order chi connectivity index (χ0) is 16.1. The lowest BCUT2D eigenvalue weighted by Gasteiger charge is -2.33. The lowest BCUT2D eigenvalue weighted by molar-refractivity contribution is -0.125. The van der Waals surface area contributed by atoms with Crippen LogP contribution in [0, 0.1) is 0 Å². The van der Waals surface area contributed by atoms with Gasteiger partial charge in [-0.05, 0) is 31.5 Å². The van der Waals surface area contributed by atoms with Crippen LogP contribution in [0.25, 0.3) is 0 Å². The van der Waals surface area contributed by atoms with E-state index < -0.39 is 0 Å². The van der Waals surface area contributed by atoms with Gasteiger partial charge in [-0.25, -0.2) is 0 Å². The topological polar surface area (TPSA) is 58.6 Å². The Labute approximate surface area is 135 Å². The van der Waals surface area contributed by atoms with Crippen LogP contribution < -0.4 is 15.0 Å². The molecular weight excluding hydrogens is 304 g/mol. The number of benzene rings is 1. The van der Waals surface area contributed by atoms with Gasteiger partial charge in [-0.15, -0.1) is 0 Å². The molecule has 0 saturated carbocycles. The minimum Gasteiger partial charge on any atom is -0.487 e. The number of carbonyl (C=O) groups is 2. The number of hydrogen-bond acceptors (Lipinski definition) is 3. The van der Waals surface area contributed by atoms with Crippen LogP contribution in [0.1, 0.15) is 33.1 Å². The van der Waals surface area contributed by atoms with Crippen molar-refractivity contribution in [3.05, 3.63) is 23.2 Å². The molecular formula is C16H21ClN2O3. The van der Waals surface area contributed by atoms with Crippen LogP contribution in [-0.4, -0.2) is 31.0 Å². The summed E-state index contributed by atoms with van der Waals surface area (Å²) in [6.07, 6.45) is 1.16. The largest absolute Gasteiger partial charge is 0.487 e. The van der Waals surface area contributed by atoms with E-state index in [0.717, 1.165) is 6.42 Å². The second-order valence-electron chi connectivity index (χ2n) is 5.39. The van der Waals surface area contributed by atoms with Gasteiger partial charge in [0.15, 0.2) is 0 Å². The Morgan fingerprint density at radius 2 is 2.18 bits per heavy atom. The fourth-order valence-electron chi connectivity index (χ4n) is 2.35. The number of fused-ring (bicyclic) bond motifs is 1. The van der Waals surface area contributed by atoms with Crippen molar-refractivity contribution in [2.24, 2.45) is 0 Å². The van der Waals surface area contributed by atoms with Gasteiger partial charge >= 0.3 is 0 Å². The lowest BCUT2D eigenvalue weighted by Crippen LogP contribution is -2.42. The molecule has 0 fully saturated rings. The first-order valence-corrected chi connectivity index (χ1v) is 7.92. The highest BCUT2D eigenvalue weighted by atomic mass is 35.5. The number of carbonyl (C=O) groups excluding carboxylic acids is 2. The van der Waals surface area contributed by atoms with Crippen molar-refractivity contribution in [3.8, 4) is 5.75 Å². The van der Waals surface area contributed by atoms with E-state index in [0.29, 0.717) is 29.5 Å². The Morgan fingerprint density at radius 1 is 1.41 bits per heavy atom. The standard InChI is InChI=1S/C16H21ClN2O3/c1-3-8-18-15(20)6-7-16(21)19-10-11(2)22-14-5-4-12(17)9-13(14)19/h4-5,9,11H,3,6-8,10H2,1-2H3,(H,18,20). The Morgan fingerprint density at radius 3 is 2.91 bits per heavy atom. The first kappa shape index (κ1) is 16.6. The fourth-order valence-corrected chi connectivity index (χ4v) is 2.52. The van der Waals surface area contributed by atoms with E-state index in [-0.39, 0.29) is 30.8 Å². The SMILES string of the molecule is CCCNC(=O)CCC(=O)N1CC(C)Oc2ccc(Cl)cc21.